The lowest BCUT2D eigenvalue weighted by Crippen LogP contribution is -2.55. The first-order valence-corrected chi connectivity index (χ1v) is 13.0. The molecule has 3 aliphatic rings. The molecule has 0 aliphatic carbocycles. The van der Waals surface area contributed by atoms with Gasteiger partial charge in [-0.2, -0.15) is 0 Å². The Balaban J connectivity index is 1.49. The van der Waals surface area contributed by atoms with E-state index in [9.17, 15) is 4.79 Å². The molecule has 4 atom stereocenters. The number of carbonyl (C=O) groups is 1. The lowest BCUT2D eigenvalue weighted by Gasteiger charge is -2.49. The van der Waals surface area contributed by atoms with E-state index in [4.69, 9.17) is 0 Å². The zero-order valence-electron chi connectivity index (χ0n) is 20.4. The van der Waals surface area contributed by atoms with Crippen molar-refractivity contribution in [2.75, 3.05) is 19.6 Å². The van der Waals surface area contributed by atoms with Gasteiger partial charge in [-0.3, -0.25) is 9.69 Å². The number of nitrogens with one attached hydrogen (secondary N) is 2. The smallest absolute Gasteiger partial charge is 0.252 e. The minimum absolute atomic E-state index is 0.0152. The second kappa shape index (κ2) is 9.60. The fourth-order valence-electron chi connectivity index (χ4n) is 6.40. The van der Waals surface area contributed by atoms with E-state index in [1.165, 1.54) is 29.5 Å². The molecule has 0 spiro atoms. The Morgan fingerprint density at radius 1 is 1.18 bits per heavy atom. The van der Waals surface area contributed by atoms with Crippen molar-refractivity contribution in [3.05, 3.63) is 70.3 Å². The van der Waals surface area contributed by atoms with Gasteiger partial charge >= 0.3 is 0 Å². The molecule has 33 heavy (non-hydrogen) atoms. The molecule has 2 aromatic carbocycles. The number of hydrogen-bond donors (Lipinski definition) is 2. The van der Waals surface area contributed by atoms with E-state index in [-0.39, 0.29) is 11.9 Å². The largest absolute Gasteiger partial charge is 0.346 e. The van der Waals surface area contributed by atoms with E-state index in [1.54, 1.807) is 0 Å². The van der Waals surface area contributed by atoms with Gasteiger partial charge in [0, 0.05) is 30.7 Å². The van der Waals surface area contributed by atoms with Crippen LogP contribution in [0.3, 0.4) is 0 Å². The number of hydrogen-bond acceptors (Lipinski definition) is 3. The molecule has 2 aromatic rings. The second-order valence-electron chi connectivity index (χ2n) is 10.9. The summed E-state index contributed by atoms with van der Waals surface area (Å²) in [4.78, 5) is 16.4. The summed E-state index contributed by atoms with van der Waals surface area (Å²) in [5.74, 6) is 1.41. The van der Waals surface area contributed by atoms with E-state index in [2.05, 4.69) is 60.6 Å². The molecule has 0 radical (unpaired) electrons. The van der Waals surface area contributed by atoms with Crippen LogP contribution in [0.15, 0.2) is 42.5 Å². The summed E-state index contributed by atoms with van der Waals surface area (Å²) in [5.41, 5.74) is 6.07. The highest BCUT2D eigenvalue weighted by Gasteiger charge is 2.41. The van der Waals surface area contributed by atoms with Crippen molar-refractivity contribution in [1.29, 1.82) is 0 Å². The predicted octanol–water partition coefficient (Wildman–Crippen LogP) is 5.05. The summed E-state index contributed by atoms with van der Waals surface area (Å²) >= 11 is 0. The van der Waals surface area contributed by atoms with Crippen LogP contribution in [0.1, 0.15) is 84.7 Å². The van der Waals surface area contributed by atoms with Gasteiger partial charge in [0.1, 0.15) is 0 Å². The number of piperidine rings is 2. The molecule has 1 amide bonds. The Morgan fingerprint density at radius 2 is 2.00 bits per heavy atom. The van der Waals surface area contributed by atoms with E-state index < -0.39 is 0 Å². The van der Waals surface area contributed by atoms with Crippen molar-refractivity contribution < 1.29 is 4.79 Å². The third-order valence-electron chi connectivity index (χ3n) is 7.98. The van der Waals surface area contributed by atoms with Crippen molar-refractivity contribution in [2.24, 2.45) is 11.8 Å². The maximum absolute atomic E-state index is 13.8. The number of carbonyl (C=O) groups excluding carboxylic acids is 1. The molecule has 0 aromatic heterocycles. The molecule has 0 unspecified atom stereocenters. The number of nitrogens with zero attached hydrogens (tertiary/aromatic N) is 1. The van der Waals surface area contributed by atoms with E-state index in [0.717, 1.165) is 55.9 Å². The molecule has 0 bridgehead atoms. The van der Waals surface area contributed by atoms with E-state index >= 15 is 0 Å². The van der Waals surface area contributed by atoms with Crippen LogP contribution in [0.5, 0.6) is 0 Å². The minimum atomic E-state index is -0.0152. The summed E-state index contributed by atoms with van der Waals surface area (Å²) in [5, 5.41) is 7.12. The molecule has 5 rings (SSSR count). The lowest BCUT2D eigenvalue weighted by molar-refractivity contribution is 0.0542. The molecule has 2 N–H and O–H groups in total. The van der Waals surface area contributed by atoms with E-state index in [1.807, 2.05) is 18.2 Å². The van der Waals surface area contributed by atoms with Crippen LogP contribution >= 0.6 is 0 Å². The molecule has 3 aliphatic heterocycles. The first kappa shape index (κ1) is 22.6. The Kier molecular flexibility index (Phi) is 6.58. The molecular formula is C29H39N3O. The van der Waals surface area contributed by atoms with Gasteiger partial charge in [0.05, 0.1) is 6.04 Å². The highest BCUT2D eigenvalue weighted by atomic mass is 16.1. The molecule has 0 saturated carbocycles. The van der Waals surface area contributed by atoms with Gasteiger partial charge < -0.3 is 10.6 Å². The molecule has 4 heteroatoms. The standard InChI is InChI=1S/C29H39N3O/c1-19(2)14-21-15-23-11-13-32-18-24-10-7-12-30-26(24)17-27(32)28(23)25(16-21)29(33)31-20(3)22-8-5-4-6-9-22/h4-6,8-9,15-16,19-20,24,26-27,30H,7,10-14,17-18H2,1-3H3,(H,31,33)/t20-,24+,26-,27-/m1/s1. The number of rotatable bonds is 5. The average molecular weight is 446 g/mol. The number of amides is 1. The molecular weight excluding hydrogens is 406 g/mol. The fraction of sp³-hybridized carbons (Fsp3) is 0.552. The summed E-state index contributed by atoms with van der Waals surface area (Å²) in [7, 11) is 0. The normalized spacial score (nSPS) is 25.6. The molecule has 2 saturated heterocycles. The Labute approximate surface area is 199 Å². The van der Waals surface area contributed by atoms with Crippen LogP contribution in [0.4, 0.5) is 0 Å². The zero-order chi connectivity index (χ0) is 22.9. The quantitative estimate of drug-likeness (QED) is 0.677. The number of fused-ring (bicyclic) bond motifs is 4. The second-order valence-corrected chi connectivity index (χ2v) is 10.9. The zero-order valence-corrected chi connectivity index (χ0v) is 20.4. The maximum atomic E-state index is 13.8. The fourth-order valence-corrected chi connectivity index (χ4v) is 6.40. The van der Waals surface area contributed by atoms with E-state index in [0.29, 0.717) is 18.0 Å². The number of benzene rings is 2. The summed E-state index contributed by atoms with van der Waals surface area (Å²) in [6.07, 6.45) is 5.82. The molecule has 3 heterocycles. The predicted molar refractivity (Wildman–Crippen MR) is 134 cm³/mol. The van der Waals surface area contributed by atoms with Gasteiger partial charge in [0.15, 0.2) is 0 Å². The van der Waals surface area contributed by atoms with Crippen LogP contribution in [-0.4, -0.2) is 36.5 Å². The Morgan fingerprint density at radius 3 is 2.79 bits per heavy atom. The van der Waals surface area contributed by atoms with Crippen molar-refractivity contribution in [1.82, 2.24) is 15.5 Å². The van der Waals surface area contributed by atoms with Crippen molar-refractivity contribution in [3.63, 3.8) is 0 Å². The third kappa shape index (κ3) is 4.74. The summed E-state index contributed by atoms with van der Waals surface area (Å²) < 4.78 is 0. The minimum Gasteiger partial charge on any atom is -0.346 e. The Hall–Kier alpha value is -2.17. The van der Waals surface area contributed by atoms with Gasteiger partial charge in [-0.1, -0.05) is 50.2 Å². The SMILES string of the molecule is CC(C)Cc1cc2c(c(C(=O)N[C@H](C)c3ccccc3)c1)[C@H]1C[C@H]3NCCC[C@H]3CN1CC2. The third-order valence-corrected chi connectivity index (χ3v) is 7.98. The Bertz CT molecular complexity index is 986. The van der Waals surface area contributed by atoms with Crippen LogP contribution in [-0.2, 0) is 12.8 Å². The van der Waals surface area contributed by atoms with Crippen molar-refractivity contribution in [2.45, 2.75) is 71.0 Å². The van der Waals surface area contributed by atoms with Gasteiger partial charge in [-0.15, -0.1) is 0 Å². The summed E-state index contributed by atoms with van der Waals surface area (Å²) in [6.45, 7) is 10.0. The van der Waals surface area contributed by atoms with Crippen LogP contribution in [0.25, 0.3) is 0 Å². The van der Waals surface area contributed by atoms with Crippen molar-refractivity contribution >= 4 is 5.91 Å². The molecule has 2 fully saturated rings. The van der Waals surface area contributed by atoms with Crippen LogP contribution in [0.2, 0.25) is 0 Å². The van der Waals surface area contributed by atoms with Gasteiger partial charge in [0.2, 0.25) is 0 Å². The maximum Gasteiger partial charge on any atom is 0.252 e. The van der Waals surface area contributed by atoms with Gasteiger partial charge in [0.25, 0.3) is 5.91 Å². The highest BCUT2D eigenvalue weighted by molar-refractivity contribution is 5.97. The topological polar surface area (TPSA) is 44.4 Å². The van der Waals surface area contributed by atoms with Crippen LogP contribution < -0.4 is 10.6 Å². The molecule has 176 valence electrons. The van der Waals surface area contributed by atoms with Gasteiger partial charge in [-0.25, -0.2) is 0 Å². The monoisotopic (exact) mass is 445 g/mol. The molecule has 4 nitrogen and oxygen atoms in total. The van der Waals surface area contributed by atoms with Crippen molar-refractivity contribution in [3.8, 4) is 0 Å². The van der Waals surface area contributed by atoms with Crippen LogP contribution in [0, 0.1) is 11.8 Å². The first-order valence-electron chi connectivity index (χ1n) is 13.0. The highest BCUT2D eigenvalue weighted by Crippen LogP contribution is 2.42. The van der Waals surface area contributed by atoms with Gasteiger partial charge in [-0.05, 0) is 85.7 Å². The average Bonchev–Trinajstić information content (AvgIpc) is 2.82. The lowest BCUT2D eigenvalue weighted by atomic mass is 9.75. The first-order chi connectivity index (χ1) is 16.0. The summed E-state index contributed by atoms with van der Waals surface area (Å²) in [6, 6.07) is 15.8.